The Morgan fingerprint density at radius 2 is 1.93 bits per heavy atom. The van der Waals surface area contributed by atoms with Crippen molar-refractivity contribution in [1.29, 1.82) is 0 Å². The highest BCUT2D eigenvalue weighted by Gasteiger charge is 2.25. The summed E-state index contributed by atoms with van der Waals surface area (Å²) in [6.45, 7) is 1.61. The summed E-state index contributed by atoms with van der Waals surface area (Å²) in [6.07, 6.45) is 8.01. The van der Waals surface area contributed by atoms with Crippen LogP contribution in [-0.2, 0) is 9.53 Å². The molecule has 1 amide bonds. The first kappa shape index (κ1) is 19.5. The molecule has 0 radical (unpaired) electrons. The lowest BCUT2D eigenvalue weighted by atomic mass is 9.95. The lowest BCUT2D eigenvalue weighted by Crippen LogP contribution is -2.42. The predicted molar refractivity (Wildman–Crippen MR) is 105 cm³/mol. The van der Waals surface area contributed by atoms with Crippen LogP contribution >= 0.6 is 11.8 Å². The number of hydrogen-bond acceptors (Lipinski definition) is 5. The Labute approximate surface area is 163 Å². The molecule has 3 rings (SSSR count). The van der Waals surface area contributed by atoms with Gasteiger partial charge in [-0.1, -0.05) is 49.2 Å². The molecule has 7 heteroatoms. The molecule has 0 spiro atoms. The molecular formula is C20H25N3O3S. The number of amides is 1. The van der Waals surface area contributed by atoms with Crippen LogP contribution in [0.3, 0.4) is 0 Å². The first-order valence-electron chi connectivity index (χ1n) is 9.28. The number of benzene rings is 1. The highest BCUT2D eigenvalue weighted by Crippen LogP contribution is 2.22. The minimum absolute atomic E-state index is 0.186. The molecule has 1 saturated carbocycles. The van der Waals surface area contributed by atoms with Crippen LogP contribution in [0.5, 0.6) is 0 Å². The minimum Gasteiger partial charge on any atom is -0.448 e. The molecule has 1 heterocycles. The molecule has 0 aliphatic heterocycles. The molecule has 6 nitrogen and oxygen atoms in total. The van der Waals surface area contributed by atoms with E-state index in [9.17, 15) is 9.59 Å². The second-order valence-electron chi connectivity index (χ2n) is 6.69. The van der Waals surface area contributed by atoms with Crippen molar-refractivity contribution < 1.29 is 14.3 Å². The molecule has 1 unspecified atom stereocenters. The number of nitrogens with zero attached hydrogens (tertiary/aromatic N) is 2. The topological polar surface area (TPSA) is 73.2 Å². The number of ether oxygens (including phenoxy) is 1. The normalized spacial score (nSPS) is 15.9. The lowest BCUT2D eigenvalue weighted by Gasteiger charge is -2.24. The van der Waals surface area contributed by atoms with Crippen LogP contribution in [0.4, 0.5) is 0 Å². The maximum atomic E-state index is 12.7. The van der Waals surface area contributed by atoms with Crippen molar-refractivity contribution in [3.8, 4) is 5.69 Å². The molecule has 1 fully saturated rings. The first-order chi connectivity index (χ1) is 13.1. The number of carbonyl (C=O) groups is 2. The third-order valence-corrected chi connectivity index (χ3v) is 5.39. The van der Waals surface area contributed by atoms with E-state index in [0.29, 0.717) is 10.9 Å². The zero-order valence-electron chi connectivity index (χ0n) is 15.7. The summed E-state index contributed by atoms with van der Waals surface area (Å²) < 4.78 is 7.19. The van der Waals surface area contributed by atoms with Gasteiger partial charge in [0.25, 0.3) is 5.91 Å². The molecule has 27 heavy (non-hydrogen) atoms. The molecular weight excluding hydrogens is 362 g/mol. The van der Waals surface area contributed by atoms with Crippen LogP contribution in [0.25, 0.3) is 5.69 Å². The van der Waals surface area contributed by atoms with Gasteiger partial charge in [-0.15, -0.1) is 0 Å². The van der Waals surface area contributed by atoms with Crippen LogP contribution in [0.15, 0.2) is 41.7 Å². The number of carbonyl (C=O) groups excluding carboxylic acids is 2. The summed E-state index contributed by atoms with van der Waals surface area (Å²) in [5.41, 5.74) is 1.13. The zero-order chi connectivity index (χ0) is 19.2. The van der Waals surface area contributed by atoms with Crippen molar-refractivity contribution in [2.75, 3.05) is 6.26 Å². The Morgan fingerprint density at radius 3 is 2.59 bits per heavy atom. The van der Waals surface area contributed by atoms with E-state index in [0.717, 1.165) is 31.4 Å². The summed E-state index contributed by atoms with van der Waals surface area (Å²) in [5.74, 6) is -0.802. The average Bonchev–Trinajstić information content (AvgIpc) is 3.13. The van der Waals surface area contributed by atoms with E-state index in [-0.39, 0.29) is 11.9 Å². The highest BCUT2D eigenvalue weighted by atomic mass is 32.2. The van der Waals surface area contributed by atoms with Crippen LogP contribution in [0, 0.1) is 0 Å². The monoisotopic (exact) mass is 387 g/mol. The van der Waals surface area contributed by atoms with E-state index in [1.165, 1.54) is 24.4 Å². The van der Waals surface area contributed by atoms with Gasteiger partial charge in [-0.05, 0) is 38.2 Å². The van der Waals surface area contributed by atoms with Gasteiger partial charge in [-0.3, -0.25) is 9.36 Å². The van der Waals surface area contributed by atoms with Gasteiger partial charge >= 0.3 is 5.97 Å². The largest absolute Gasteiger partial charge is 0.448 e. The summed E-state index contributed by atoms with van der Waals surface area (Å²) >= 11 is 1.44. The third-order valence-electron chi connectivity index (χ3n) is 4.74. The molecule has 144 valence electrons. The second-order valence-corrected chi connectivity index (χ2v) is 7.47. The Kier molecular flexibility index (Phi) is 6.55. The number of nitrogens with one attached hydrogen (secondary N) is 1. The molecule has 1 atom stereocenters. The molecule has 1 aromatic carbocycles. The van der Waals surface area contributed by atoms with Crippen molar-refractivity contribution in [2.24, 2.45) is 0 Å². The number of hydrogen-bond donors (Lipinski definition) is 1. The number of rotatable bonds is 6. The maximum absolute atomic E-state index is 12.7. The number of thioether (sulfide) groups is 1. The van der Waals surface area contributed by atoms with Gasteiger partial charge in [0.15, 0.2) is 17.0 Å². The Hall–Kier alpha value is -2.28. The van der Waals surface area contributed by atoms with Gasteiger partial charge in [0.05, 0.1) is 6.20 Å². The first-order valence-corrected chi connectivity index (χ1v) is 10.5. The third kappa shape index (κ3) is 4.71. The quantitative estimate of drug-likeness (QED) is 0.606. The van der Waals surface area contributed by atoms with Crippen LogP contribution in [0.1, 0.15) is 49.5 Å². The minimum atomic E-state index is -0.851. The lowest BCUT2D eigenvalue weighted by molar-refractivity contribution is -0.130. The summed E-state index contributed by atoms with van der Waals surface area (Å²) in [7, 11) is 0. The van der Waals surface area contributed by atoms with Gasteiger partial charge in [0.1, 0.15) is 0 Å². The van der Waals surface area contributed by atoms with E-state index in [1.807, 2.05) is 36.6 Å². The summed E-state index contributed by atoms with van der Waals surface area (Å²) in [6, 6.07) is 9.69. The zero-order valence-corrected chi connectivity index (χ0v) is 16.5. The molecule has 2 aromatic rings. The van der Waals surface area contributed by atoms with E-state index in [4.69, 9.17) is 4.74 Å². The van der Waals surface area contributed by atoms with Gasteiger partial charge in [0.2, 0.25) is 0 Å². The van der Waals surface area contributed by atoms with E-state index >= 15 is 0 Å². The SMILES string of the molecule is CSc1ncc(C(=O)OC(C)C(=O)NC2CCCCC2)n1-c1ccccc1. The predicted octanol–water partition coefficient (Wildman–Crippen LogP) is 3.59. The van der Waals surface area contributed by atoms with Crippen LogP contribution in [0.2, 0.25) is 0 Å². The van der Waals surface area contributed by atoms with Crippen molar-refractivity contribution in [3.05, 3.63) is 42.2 Å². The Bertz CT molecular complexity index is 785. The molecule has 1 aromatic heterocycles. The molecule has 1 aliphatic rings. The smallest absolute Gasteiger partial charge is 0.357 e. The van der Waals surface area contributed by atoms with Gasteiger partial charge < -0.3 is 10.1 Å². The van der Waals surface area contributed by atoms with Crippen LogP contribution < -0.4 is 5.32 Å². The van der Waals surface area contributed by atoms with Crippen molar-refractivity contribution >= 4 is 23.6 Å². The summed E-state index contributed by atoms with van der Waals surface area (Å²) in [4.78, 5) is 29.4. The van der Waals surface area contributed by atoms with Gasteiger partial charge in [-0.2, -0.15) is 0 Å². The van der Waals surface area contributed by atoms with Gasteiger partial charge in [0, 0.05) is 11.7 Å². The molecule has 1 aliphatic carbocycles. The Balaban J connectivity index is 1.70. The number of esters is 1. The fourth-order valence-electron chi connectivity index (χ4n) is 3.29. The molecule has 0 bridgehead atoms. The van der Waals surface area contributed by atoms with Crippen molar-refractivity contribution in [1.82, 2.24) is 14.9 Å². The van der Waals surface area contributed by atoms with E-state index in [2.05, 4.69) is 10.3 Å². The van der Waals surface area contributed by atoms with Crippen molar-refractivity contribution in [2.45, 2.75) is 56.3 Å². The number of aromatic nitrogens is 2. The molecule has 0 saturated heterocycles. The molecule has 1 N–H and O–H groups in total. The van der Waals surface area contributed by atoms with Crippen LogP contribution in [-0.4, -0.2) is 39.8 Å². The number of para-hydroxylation sites is 1. The fraction of sp³-hybridized carbons (Fsp3) is 0.450. The van der Waals surface area contributed by atoms with Gasteiger partial charge in [-0.25, -0.2) is 9.78 Å². The number of imidazole rings is 1. The second kappa shape index (κ2) is 9.08. The van der Waals surface area contributed by atoms with E-state index < -0.39 is 12.1 Å². The standard InChI is InChI=1S/C20H25N3O3S/c1-14(18(24)22-15-9-5-3-6-10-15)26-19(25)17-13-21-20(27-2)23(17)16-11-7-4-8-12-16/h4,7-8,11-15H,3,5-6,9-10H2,1-2H3,(H,22,24). The maximum Gasteiger partial charge on any atom is 0.357 e. The Morgan fingerprint density at radius 1 is 1.22 bits per heavy atom. The fourth-order valence-corrected chi connectivity index (χ4v) is 3.83. The van der Waals surface area contributed by atoms with E-state index in [1.54, 1.807) is 11.5 Å². The average molecular weight is 388 g/mol. The summed E-state index contributed by atoms with van der Waals surface area (Å²) in [5, 5.41) is 3.68. The highest BCUT2D eigenvalue weighted by molar-refractivity contribution is 7.98. The van der Waals surface area contributed by atoms with Crippen molar-refractivity contribution in [3.63, 3.8) is 0 Å².